The smallest absolute Gasteiger partial charge is 0.191 e. The molecular weight excluding hydrogens is 436 g/mol. The number of rotatable bonds is 7. The molecule has 0 saturated heterocycles. The van der Waals surface area contributed by atoms with Crippen LogP contribution in [0.15, 0.2) is 41.5 Å². The Morgan fingerprint density at radius 1 is 1.32 bits per heavy atom. The van der Waals surface area contributed by atoms with Gasteiger partial charge in [0.2, 0.25) is 0 Å². The maximum Gasteiger partial charge on any atom is 0.191 e. The molecule has 1 unspecified atom stereocenters. The molecule has 6 nitrogen and oxygen atoms in total. The first kappa shape index (κ1) is 21.2. The van der Waals surface area contributed by atoms with Crippen LogP contribution in [-0.2, 0) is 13.6 Å². The van der Waals surface area contributed by atoms with Crippen molar-refractivity contribution in [2.24, 2.45) is 12.0 Å². The predicted octanol–water partition coefficient (Wildman–Crippen LogP) is 2.70. The highest BCUT2D eigenvalue weighted by atomic mass is 127. The summed E-state index contributed by atoms with van der Waals surface area (Å²) in [4.78, 5) is 4.52. The number of halogens is 2. The molecule has 0 spiro atoms. The zero-order valence-electron chi connectivity index (χ0n) is 14.7. The van der Waals surface area contributed by atoms with Crippen molar-refractivity contribution in [3.8, 4) is 5.75 Å². The van der Waals surface area contributed by atoms with Crippen LogP contribution in [0.4, 0.5) is 4.39 Å². The Hall–Kier alpha value is -1.84. The van der Waals surface area contributed by atoms with E-state index in [0.717, 1.165) is 12.2 Å². The van der Waals surface area contributed by atoms with Gasteiger partial charge in [0.05, 0.1) is 18.8 Å². The van der Waals surface area contributed by atoms with E-state index in [1.165, 1.54) is 6.07 Å². The van der Waals surface area contributed by atoms with Gasteiger partial charge in [-0.3, -0.25) is 4.68 Å². The lowest BCUT2D eigenvalue weighted by Gasteiger charge is -2.18. The van der Waals surface area contributed by atoms with Crippen molar-refractivity contribution in [3.05, 3.63) is 48.0 Å². The van der Waals surface area contributed by atoms with Crippen LogP contribution < -0.4 is 15.4 Å². The lowest BCUT2D eigenvalue weighted by atomic mass is 10.3. The third-order valence-electron chi connectivity index (χ3n) is 3.39. The summed E-state index contributed by atoms with van der Waals surface area (Å²) < 4.78 is 21.0. The van der Waals surface area contributed by atoms with E-state index in [1.807, 2.05) is 27.0 Å². The molecule has 0 aliphatic rings. The number of aliphatic imine (C=N–C) groups is 1. The molecule has 0 amide bonds. The van der Waals surface area contributed by atoms with E-state index in [4.69, 9.17) is 4.74 Å². The summed E-state index contributed by atoms with van der Waals surface area (Å²) in [6.45, 7) is 5.66. The monoisotopic (exact) mass is 461 g/mol. The van der Waals surface area contributed by atoms with Crippen LogP contribution in [0.2, 0.25) is 0 Å². The second-order valence-corrected chi connectivity index (χ2v) is 5.38. The van der Waals surface area contributed by atoms with E-state index >= 15 is 0 Å². The summed E-state index contributed by atoms with van der Waals surface area (Å²) in [7, 11) is 1.88. The Morgan fingerprint density at radius 2 is 2.08 bits per heavy atom. The third-order valence-corrected chi connectivity index (χ3v) is 3.39. The van der Waals surface area contributed by atoms with E-state index in [9.17, 15) is 4.39 Å². The SMILES string of the molecule is CCNC(=NCc1ccnn1C)NCC(C)Oc1ccccc1F.I. The summed E-state index contributed by atoms with van der Waals surface area (Å²) in [6.07, 6.45) is 1.54. The van der Waals surface area contributed by atoms with Gasteiger partial charge in [0.15, 0.2) is 17.5 Å². The second-order valence-electron chi connectivity index (χ2n) is 5.38. The number of aromatic nitrogens is 2. The molecule has 0 aliphatic carbocycles. The van der Waals surface area contributed by atoms with Gasteiger partial charge in [0.1, 0.15) is 6.10 Å². The Bertz CT molecular complexity index is 677. The molecule has 1 atom stereocenters. The minimum atomic E-state index is -0.360. The fourth-order valence-corrected chi connectivity index (χ4v) is 2.10. The van der Waals surface area contributed by atoms with Crippen LogP contribution in [0.3, 0.4) is 0 Å². The third kappa shape index (κ3) is 6.89. The summed E-state index contributed by atoms with van der Waals surface area (Å²) >= 11 is 0. The minimum absolute atomic E-state index is 0. The number of benzene rings is 1. The molecule has 1 heterocycles. The summed E-state index contributed by atoms with van der Waals surface area (Å²) in [5, 5.41) is 10.5. The zero-order chi connectivity index (χ0) is 17.4. The van der Waals surface area contributed by atoms with Crippen molar-refractivity contribution in [2.75, 3.05) is 13.1 Å². The maximum atomic E-state index is 13.6. The van der Waals surface area contributed by atoms with Crippen molar-refractivity contribution in [2.45, 2.75) is 26.5 Å². The van der Waals surface area contributed by atoms with E-state index in [0.29, 0.717) is 19.0 Å². The molecule has 138 valence electrons. The molecular formula is C17H25FIN5O. The Balaban J connectivity index is 0.00000312. The first-order valence-corrected chi connectivity index (χ1v) is 8.00. The molecule has 0 saturated carbocycles. The highest BCUT2D eigenvalue weighted by Crippen LogP contribution is 2.16. The lowest BCUT2D eigenvalue weighted by Crippen LogP contribution is -2.41. The average Bonchev–Trinajstić information content (AvgIpc) is 2.97. The fraction of sp³-hybridized carbons (Fsp3) is 0.412. The molecule has 0 fully saturated rings. The van der Waals surface area contributed by atoms with Crippen LogP contribution in [0.5, 0.6) is 5.75 Å². The Labute approximate surface area is 164 Å². The van der Waals surface area contributed by atoms with Crippen molar-refractivity contribution < 1.29 is 9.13 Å². The molecule has 2 aromatic rings. The van der Waals surface area contributed by atoms with Crippen LogP contribution in [0.1, 0.15) is 19.5 Å². The number of ether oxygens (including phenoxy) is 1. The predicted molar refractivity (Wildman–Crippen MR) is 108 cm³/mol. The number of hydrogen-bond acceptors (Lipinski definition) is 3. The molecule has 0 bridgehead atoms. The molecule has 8 heteroatoms. The van der Waals surface area contributed by atoms with Gasteiger partial charge in [-0.2, -0.15) is 5.10 Å². The summed E-state index contributed by atoms with van der Waals surface area (Å²) in [6, 6.07) is 8.32. The molecule has 2 N–H and O–H groups in total. The first-order chi connectivity index (χ1) is 11.6. The van der Waals surface area contributed by atoms with E-state index in [-0.39, 0.29) is 41.6 Å². The van der Waals surface area contributed by atoms with Crippen molar-refractivity contribution in [1.29, 1.82) is 0 Å². The van der Waals surface area contributed by atoms with Gasteiger partial charge >= 0.3 is 0 Å². The summed E-state index contributed by atoms with van der Waals surface area (Å²) in [5.41, 5.74) is 1.02. The van der Waals surface area contributed by atoms with Gasteiger partial charge in [-0.25, -0.2) is 9.38 Å². The number of hydrogen-bond donors (Lipinski definition) is 2. The van der Waals surface area contributed by atoms with Crippen LogP contribution >= 0.6 is 24.0 Å². The minimum Gasteiger partial charge on any atom is -0.486 e. The average molecular weight is 461 g/mol. The van der Waals surface area contributed by atoms with Crippen LogP contribution in [0.25, 0.3) is 0 Å². The van der Waals surface area contributed by atoms with Gasteiger partial charge in [0, 0.05) is 19.8 Å². The number of para-hydroxylation sites is 1. The van der Waals surface area contributed by atoms with Crippen LogP contribution in [0, 0.1) is 5.82 Å². The van der Waals surface area contributed by atoms with Crippen LogP contribution in [-0.4, -0.2) is 34.9 Å². The first-order valence-electron chi connectivity index (χ1n) is 8.00. The molecule has 0 radical (unpaired) electrons. The van der Waals surface area contributed by atoms with E-state index < -0.39 is 0 Å². The Morgan fingerprint density at radius 3 is 2.72 bits per heavy atom. The van der Waals surface area contributed by atoms with Crippen molar-refractivity contribution in [1.82, 2.24) is 20.4 Å². The number of nitrogens with zero attached hydrogens (tertiary/aromatic N) is 3. The van der Waals surface area contributed by atoms with Crippen molar-refractivity contribution in [3.63, 3.8) is 0 Å². The summed E-state index contributed by atoms with van der Waals surface area (Å²) in [5.74, 6) is 0.576. The lowest BCUT2D eigenvalue weighted by molar-refractivity contribution is 0.214. The van der Waals surface area contributed by atoms with E-state index in [2.05, 4.69) is 20.7 Å². The Kier molecular flexibility index (Phi) is 9.25. The zero-order valence-corrected chi connectivity index (χ0v) is 17.0. The number of aryl methyl sites for hydroxylation is 1. The van der Waals surface area contributed by atoms with Crippen molar-refractivity contribution >= 4 is 29.9 Å². The second kappa shape index (κ2) is 10.9. The largest absolute Gasteiger partial charge is 0.486 e. The van der Waals surface area contributed by atoms with Gasteiger partial charge in [0.25, 0.3) is 0 Å². The highest BCUT2D eigenvalue weighted by Gasteiger charge is 2.09. The topological polar surface area (TPSA) is 63.5 Å². The molecule has 1 aromatic carbocycles. The molecule has 25 heavy (non-hydrogen) atoms. The number of guanidine groups is 1. The van der Waals surface area contributed by atoms with Gasteiger partial charge in [-0.05, 0) is 32.0 Å². The fourth-order valence-electron chi connectivity index (χ4n) is 2.10. The standard InChI is InChI=1S/C17H24FN5O.HI/c1-4-19-17(21-12-14-9-10-22-23(14)3)20-11-13(2)24-16-8-6-5-7-15(16)18;/h5-10,13H,4,11-12H2,1-3H3,(H2,19,20,21);1H. The van der Waals surface area contributed by atoms with Gasteiger partial charge in [-0.1, -0.05) is 12.1 Å². The molecule has 0 aliphatic heterocycles. The van der Waals surface area contributed by atoms with Gasteiger partial charge in [-0.15, -0.1) is 24.0 Å². The highest BCUT2D eigenvalue weighted by molar-refractivity contribution is 14.0. The number of nitrogens with one attached hydrogen (secondary N) is 2. The maximum absolute atomic E-state index is 13.6. The quantitative estimate of drug-likeness (QED) is 0.378. The normalized spacial score (nSPS) is 12.2. The molecule has 2 rings (SSSR count). The molecule has 1 aromatic heterocycles. The van der Waals surface area contributed by atoms with E-state index in [1.54, 1.807) is 29.1 Å². The van der Waals surface area contributed by atoms with Gasteiger partial charge < -0.3 is 15.4 Å².